The predicted molar refractivity (Wildman–Crippen MR) is 74.3 cm³/mol. The van der Waals surface area contributed by atoms with Gasteiger partial charge in [-0.25, -0.2) is 4.39 Å². The van der Waals surface area contributed by atoms with Crippen LogP contribution in [0.1, 0.15) is 26.7 Å². The zero-order valence-corrected chi connectivity index (χ0v) is 11.5. The first-order valence-electron chi connectivity index (χ1n) is 6.49. The number of rotatable bonds is 4. The topological polar surface area (TPSA) is 58.2 Å². The molecule has 106 valence electrons. The molecule has 0 bridgehead atoms. The third-order valence-electron chi connectivity index (χ3n) is 3.47. The minimum Gasteiger partial charge on any atom is -0.329 e. The molecule has 0 spiro atoms. The Morgan fingerprint density at radius 2 is 1.80 bits per heavy atom. The van der Waals surface area contributed by atoms with Gasteiger partial charge in [0.25, 0.3) is 0 Å². The molecule has 1 aromatic carbocycles. The van der Waals surface area contributed by atoms with Gasteiger partial charge in [0, 0.05) is 11.4 Å². The van der Waals surface area contributed by atoms with Crippen molar-refractivity contribution in [3.63, 3.8) is 0 Å². The van der Waals surface area contributed by atoms with Crippen LogP contribution in [0.15, 0.2) is 36.0 Å². The van der Waals surface area contributed by atoms with Crippen LogP contribution in [-0.4, -0.2) is 11.8 Å². The molecule has 0 aliphatic heterocycles. The maximum atomic E-state index is 12.8. The number of halogens is 1. The summed E-state index contributed by atoms with van der Waals surface area (Å²) in [6.07, 6.45) is 2.83. The van der Waals surface area contributed by atoms with Crippen molar-refractivity contribution in [3.05, 3.63) is 41.9 Å². The van der Waals surface area contributed by atoms with Crippen molar-refractivity contribution >= 4 is 17.5 Å². The van der Waals surface area contributed by atoms with Gasteiger partial charge in [0.05, 0.1) is 0 Å². The molecule has 2 amide bonds. The van der Waals surface area contributed by atoms with Crippen LogP contribution in [0.4, 0.5) is 10.1 Å². The molecule has 4 nitrogen and oxygen atoms in total. The lowest BCUT2D eigenvalue weighted by molar-refractivity contribution is -0.133. The van der Waals surface area contributed by atoms with Crippen LogP contribution in [0, 0.1) is 11.2 Å². The van der Waals surface area contributed by atoms with E-state index in [2.05, 4.69) is 10.6 Å². The summed E-state index contributed by atoms with van der Waals surface area (Å²) in [7, 11) is 0. The lowest BCUT2D eigenvalue weighted by Crippen LogP contribution is -2.39. The molecule has 0 unspecified atom stereocenters. The fourth-order valence-electron chi connectivity index (χ4n) is 1.84. The highest BCUT2D eigenvalue weighted by molar-refractivity contribution is 6.13. The Hall–Kier alpha value is -2.17. The average Bonchev–Trinajstić information content (AvgIpc) is 3.22. The van der Waals surface area contributed by atoms with Crippen LogP contribution in [0.5, 0.6) is 0 Å². The Labute approximate surface area is 117 Å². The van der Waals surface area contributed by atoms with Crippen LogP contribution in [-0.2, 0) is 9.59 Å². The van der Waals surface area contributed by atoms with Crippen LogP contribution in [0.3, 0.4) is 0 Å². The molecule has 1 saturated carbocycles. The van der Waals surface area contributed by atoms with Crippen molar-refractivity contribution in [2.45, 2.75) is 26.7 Å². The van der Waals surface area contributed by atoms with Gasteiger partial charge < -0.3 is 10.6 Å². The van der Waals surface area contributed by atoms with Crippen molar-refractivity contribution in [1.29, 1.82) is 0 Å². The SMILES string of the molecule is CC=C(C)NC(=O)C1(C(=O)Nc2ccc(F)cc2)CC1. The van der Waals surface area contributed by atoms with E-state index in [0.717, 1.165) is 5.70 Å². The Balaban J connectivity index is 2.05. The van der Waals surface area contributed by atoms with Gasteiger partial charge in [0.1, 0.15) is 11.2 Å². The number of carbonyl (C=O) groups excluding carboxylic acids is 2. The second-order valence-corrected chi connectivity index (χ2v) is 4.97. The van der Waals surface area contributed by atoms with Gasteiger partial charge in [0.15, 0.2) is 0 Å². The third kappa shape index (κ3) is 2.87. The minimum atomic E-state index is -0.987. The molecule has 1 aromatic rings. The van der Waals surface area contributed by atoms with E-state index in [1.165, 1.54) is 24.3 Å². The number of allylic oxidation sites excluding steroid dienone is 2. The van der Waals surface area contributed by atoms with Crippen LogP contribution < -0.4 is 10.6 Å². The summed E-state index contributed by atoms with van der Waals surface area (Å²) < 4.78 is 12.8. The van der Waals surface area contributed by atoms with Crippen LogP contribution >= 0.6 is 0 Å². The third-order valence-corrected chi connectivity index (χ3v) is 3.47. The molecule has 20 heavy (non-hydrogen) atoms. The fourth-order valence-corrected chi connectivity index (χ4v) is 1.84. The Kier molecular flexibility index (Phi) is 3.88. The second-order valence-electron chi connectivity index (χ2n) is 4.97. The van der Waals surface area contributed by atoms with Crippen LogP contribution in [0.2, 0.25) is 0 Å². The number of carbonyl (C=O) groups is 2. The van der Waals surface area contributed by atoms with E-state index in [0.29, 0.717) is 18.5 Å². The highest BCUT2D eigenvalue weighted by Gasteiger charge is 2.56. The molecule has 0 atom stereocenters. The number of hydrogen-bond acceptors (Lipinski definition) is 2. The Morgan fingerprint density at radius 1 is 1.20 bits per heavy atom. The van der Waals surface area contributed by atoms with E-state index in [1.54, 1.807) is 13.0 Å². The van der Waals surface area contributed by atoms with Crippen molar-refractivity contribution in [2.24, 2.45) is 5.41 Å². The Morgan fingerprint density at radius 3 is 2.30 bits per heavy atom. The molecule has 0 radical (unpaired) electrons. The maximum absolute atomic E-state index is 12.8. The van der Waals surface area contributed by atoms with Gasteiger partial charge in [-0.3, -0.25) is 9.59 Å². The number of anilines is 1. The molecule has 2 N–H and O–H groups in total. The molecule has 0 saturated heterocycles. The zero-order chi connectivity index (χ0) is 14.8. The van der Waals surface area contributed by atoms with E-state index < -0.39 is 5.41 Å². The summed E-state index contributed by atoms with van der Waals surface area (Å²) in [6.45, 7) is 3.58. The number of hydrogen-bond donors (Lipinski definition) is 2. The smallest absolute Gasteiger partial charge is 0.240 e. The van der Waals surface area contributed by atoms with Gasteiger partial charge in [-0.05, 0) is 51.0 Å². The molecule has 0 aromatic heterocycles. The number of benzene rings is 1. The molecule has 5 heteroatoms. The van der Waals surface area contributed by atoms with E-state index in [1.807, 2.05) is 6.92 Å². The lowest BCUT2D eigenvalue weighted by Gasteiger charge is -2.15. The van der Waals surface area contributed by atoms with Gasteiger partial charge in [-0.15, -0.1) is 0 Å². The summed E-state index contributed by atoms with van der Waals surface area (Å²) in [5, 5.41) is 5.37. The van der Waals surface area contributed by atoms with Crippen molar-refractivity contribution < 1.29 is 14.0 Å². The quantitative estimate of drug-likeness (QED) is 0.830. The van der Waals surface area contributed by atoms with Crippen LogP contribution in [0.25, 0.3) is 0 Å². The Bertz CT molecular complexity index is 560. The van der Waals surface area contributed by atoms with Crippen molar-refractivity contribution in [3.8, 4) is 0 Å². The highest BCUT2D eigenvalue weighted by Crippen LogP contribution is 2.47. The van der Waals surface area contributed by atoms with E-state index in [4.69, 9.17) is 0 Å². The molecular formula is C15H17FN2O2. The standard InChI is InChI=1S/C15H17FN2O2/c1-3-10(2)17-13(19)15(8-9-15)14(20)18-12-6-4-11(16)5-7-12/h3-7H,8-9H2,1-2H3,(H,17,19)(H,18,20). The molecular weight excluding hydrogens is 259 g/mol. The van der Waals surface area contributed by atoms with E-state index in [-0.39, 0.29) is 17.6 Å². The van der Waals surface area contributed by atoms with Gasteiger partial charge in [-0.1, -0.05) is 6.08 Å². The number of amides is 2. The van der Waals surface area contributed by atoms with Crippen molar-refractivity contribution in [2.75, 3.05) is 5.32 Å². The summed E-state index contributed by atoms with van der Waals surface area (Å²) in [4.78, 5) is 24.3. The summed E-state index contributed by atoms with van der Waals surface area (Å²) in [5.41, 5.74) is 0.215. The first kappa shape index (κ1) is 14.2. The maximum Gasteiger partial charge on any atom is 0.240 e. The lowest BCUT2D eigenvalue weighted by atomic mass is 10.0. The molecule has 1 aliphatic carbocycles. The van der Waals surface area contributed by atoms with Gasteiger partial charge in [-0.2, -0.15) is 0 Å². The summed E-state index contributed by atoms with van der Waals surface area (Å²) in [5.74, 6) is -0.996. The zero-order valence-electron chi connectivity index (χ0n) is 11.5. The second kappa shape index (κ2) is 5.45. The summed E-state index contributed by atoms with van der Waals surface area (Å²) in [6, 6.07) is 5.47. The summed E-state index contributed by atoms with van der Waals surface area (Å²) >= 11 is 0. The van der Waals surface area contributed by atoms with E-state index in [9.17, 15) is 14.0 Å². The minimum absolute atomic E-state index is 0.285. The predicted octanol–water partition coefficient (Wildman–Crippen LogP) is 2.58. The molecule has 2 rings (SSSR count). The molecule has 1 fully saturated rings. The first-order chi connectivity index (χ1) is 9.48. The highest BCUT2D eigenvalue weighted by atomic mass is 19.1. The number of nitrogens with one attached hydrogen (secondary N) is 2. The van der Waals surface area contributed by atoms with Gasteiger partial charge in [0.2, 0.25) is 11.8 Å². The van der Waals surface area contributed by atoms with Gasteiger partial charge >= 0.3 is 0 Å². The normalized spacial score (nSPS) is 16.4. The average molecular weight is 276 g/mol. The molecule has 0 heterocycles. The molecule has 1 aliphatic rings. The first-order valence-corrected chi connectivity index (χ1v) is 6.49. The van der Waals surface area contributed by atoms with Crippen molar-refractivity contribution in [1.82, 2.24) is 5.32 Å². The fraction of sp³-hybridized carbons (Fsp3) is 0.333. The monoisotopic (exact) mass is 276 g/mol. The van der Waals surface area contributed by atoms with E-state index >= 15 is 0 Å². The largest absolute Gasteiger partial charge is 0.329 e.